The van der Waals surface area contributed by atoms with Crippen LogP contribution in [0.5, 0.6) is 11.5 Å². The van der Waals surface area contributed by atoms with Crippen LogP contribution in [0.2, 0.25) is 0 Å². The summed E-state index contributed by atoms with van der Waals surface area (Å²) in [4.78, 5) is 28.7. The summed E-state index contributed by atoms with van der Waals surface area (Å²) in [6.07, 6.45) is 0. The highest BCUT2D eigenvalue weighted by molar-refractivity contribution is 6.10. The number of nitrogens with zero attached hydrogens (tertiary/aromatic N) is 1. The van der Waals surface area contributed by atoms with E-state index in [1.54, 1.807) is 41.3 Å². The van der Waals surface area contributed by atoms with Gasteiger partial charge >= 0.3 is 0 Å². The average Bonchev–Trinajstić information content (AvgIpc) is 3.09. The van der Waals surface area contributed by atoms with E-state index in [0.29, 0.717) is 22.2 Å². The van der Waals surface area contributed by atoms with Crippen LogP contribution >= 0.6 is 0 Å². The second-order valence-electron chi connectivity index (χ2n) is 7.95. The van der Waals surface area contributed by atoms with Crippen LogP contribution in [0, 0.1) is 13.8 Å². The number of rotatable bonds is 3. The molecular formula is C26H21NO5. The molecule has 0 aliphatic carbocycles. The number of carbonyl (C=O) groups is 1. The zero-order valence-corrected chi connectivity index (χ0v) is 17.9. The molecule has 1 aliphatic rings. The number of phenolic OH excluding ortho intramolecular Hbond substituents is 1. The Morgan fingerprint density at radius 1 is 0.969 bits per heavy atom. The number of phenols is 1. The van der Waals surface area contributed by atoms with E-state index in [4.69, 9.17) is 9.15 Å². The molecule has 1 amide bonds. The number of ether oxygens (including phenoxy) is 1. The Morgan fingerprint density at radius 3 is 2.50 bits per heavy atom. The van der Waals surface area contributed by atoms with Crippen LogP contribution in [0.4, 0.5) is 5.69 Å². The van der Waals surface area contributed by atoms with Gasteiger partial charge in [0.15, 0.2) is 16.9 Å². The van der Waals surface area contributed by atoms with Crippen molar-refractivity contribution in [1.29, 1.82) is 0 Å². The molecule has 0 saturated heterocycles. The summed E-state index contributed by atoms with van der Waals surface area (Å²) in [7, 11) is 1.45. The molecule has 1 N–H and O–H groups in total. The van der Waals surface area contributed by atoms with Gasteiger partial charge in [0.05, 0.1) is 24.1 Å². The molecule has 0 spiro atoms. The first kappa shape index (κ1) is 19.9. The van der Waals surface area contributed by atoms with Gasteiger partial charge in [-0.05, 0) is 66.9 Å². The summed E-state index contributed by atoms with van der Waals surface area (Å²) in [6, 6.07) is 16.7. The molecule has 1 aromatic heterocycles. The highest BCUT2D eigenvalue weighted by Gasteiger charge is 2.44. The van der Waals surface area contributed by atoms with Gasteiger partial charge in [0, 0.05) is 5.69 Å². The van der Waals surface area contributed by atoms with Gasteiger partial charge in [0.2, 0.25) is 5.76 Å². The second-order valence-corrected chi connectivity index (χ2v) is 7.95. The summed E-state index contributed by atoms with van der Waals surface area (Å²) < 4.78 is 11.2. The lowest BCUT2D eigenvalue weighted by atomic mass is 9.97. The first-order valence-electron chi connectivity index (χ1n) is 10.2. The van der Waals surface area contributed by atoms with Crippen LogP contribution in [-0.2, 0) is 0 Å². The third kappa shape index (κ3) is 2.87. The number of hydrogen-bond donors (Lipinski definition) is 1. The van der Waals surface area contributed by atoms with Gasteiger partial charge in [-0.15, -0.1) is 0 Å². The van der Waals surface area contributed by atoms with E-state index in [0.717, 1.165) is 11.1 Å². The molecule has 160 valence electrons. The number of fused-ring (bicyclic) bond motifs is 2. The van der Waals surface area contributed by atoms with E-state index in [1.807, 2.05) is 32.0 Å². The van der Waals surface area contributed by atoms with Crippen LogP contribution in [0.25, 0.3) is 11.0 Å². The van der Waals surface area contributed by atoms with Crippen molar-refractivity contribution in [2.45, 2.75) is 19.9 Å². The standard InChI is InChI=1S/C26H21NO5/c1-14-8-10-17(12-15(14)2)27-23(16-9-11-19(28)21(13-16)31-3)22-24(29)18-6-4-5-7-20(18)32-25(22)26(27)30/h4-13,23,28H,1-3H3. The second kappa shape index (κ2) is 7.27. The monoisotopic (exact) mass is 427 g/mol. The predicted molar refractivity (Wildman–Crippen MR) is 122 cm³/mol. The SMILES string of the molecule is COc1cc(C2c3c(oc4ccccc4c3=O)C(=O)N2c2ccc(C)c(C)c2)ccc1O. The lowest BCUT2D eigenvalue weighted by Crippen LogP contribution is -2.29. The quantitative estimate of drug-likeness (QED) is 0.504. The minimum Gasteiger partial charge on any atom is -0.504 e. The van der Waals surface area contributed by atoms with Crippen molar-refractivity contribution >= 4 is 22.6 Å². The molecule has 5 rings (SSSR count). The van der Waals surface area contributed by atoms with E-state index in [-0.39, 0.29) is 34.2 Å². The number of amides is 1. The Labute approximate surface area is 184 Å². The molecule has 1 unspecified atom stereocenters. The zero-order chi connectivity index (χ0) is 22.6. The summed E-state index contributed by atoms with van der Waals surface area (Å²) in [5, 5.41) is 10.5. The van der Waals surface area contributed by atoms with E-state index in [2.05, 4.69) is 0 Å². The van der Waals surface area contributed by atoms with Crippen LogP contribution in [0.1, 0.15) is 38.9 Å². The number of para-hydroxylation sites is 1. The number of carbonyl (C=O) groups excluding carboxylic acids is 1. The smallest absolute Gasteiger partial charge is 0.295 e. The summed E-state index contributed by atoms with van der Waals surface area (Å²) >= 11 is 0. The van der Waals surface area contributed by atoms with E-state index >= 15 is 0 Å². The van der Waals surface area contributed by atoms with Crippen molar-refractivity contribution in [3.8, 4) is 11.5 Å². The molecule has 2 heterocycles. The molecule has 6 nitrogen and oxygen atoms in total. The molecule has 0 fully saturated rings. The molecule has 1 atom stereocenters. The normalized spacial score (nSPS) is 15.3. The van der Waals surface area contributed by atoms with Gasteiger partial charge in [0.25, 0.3) is 5.91 Å². The molecule has 1 aliphatic heterocycles. The molecule has 32 heavy (non-hydrogen) atoms. The maximum absolute atomic E-state index is 13.6. The van der Waals surface area contributed by atoms with Crippen LogP contribution < -0.4 is 15.1 Å². The number of methoxy groups -OCH3 is 1. The third-order valence-electron chi connectivity index (χ3n) is 6.07. The average molecular weight is 427 g/mol. The highest BCUT2D eigenvalue weighted by Crippen LogP contribution is 2.43. The lowest BCUT2D eigenvalue weighted by molar-refractivity contribution is 0.0971. The zero-order valence-electron chi connectivity index (χ0n) is 17.9. The van der Waals surface area contributed by atoms with Gasteiger partial charge in [-0.25, -0.2) is 0 Å². The molecule has 3 aromatic carbocycles. The number of aryl methyl sites for hydroxylation is 2. The van der Waals surface area contributed by atoms with Crippen LogP contribution in [0.3, 0.4) is 0 Å². The topological polar surface area (TPSA) is 80.0 Å². The van der Waals surface area contributed by atoms with Crippen molar-refractivity contribution < 1.29 is 19.1 Å². The lowest BCUT2D eigenvalue weighted by Gasteiger charge is -2.26. The van der Waals surface area contributed by atoms with Crippen molar-refractivity contribution in [2.24, 2.45) is 0 Å². The van der Waals surface area contributed by atoms with Gasteiger partial charge in [-0.2, -0.15) is 0 Å². The minimum atomic E-state index is -0.727. The van der Waals surface area contributed by atoms with Crippen molar-refractivity contribution in [3.05, 3.63) is 98.9 Å². The van der Waals surface area contributed by atoms with Gasteiger partial charge in [0.1, 0.15) is 5.58 Å². The largest absolute Gasteiger partial charge is 0.504 e. The Kier molecular flexibility index (Phi) is 4.51. The van der Waals surface area contributed by atoms with Gasteiger partial charge in [-0.1, -0.05) is 24.3 Å². The molecular weight excluding hydrogens is 406 g/mol. The maximum Gasteiger partial charge on any atom is 0.295 e. The van der Waals surface area contributed by atoms with E-state index < -0.39 is 6.04 Å². The molecule has 0 bridgehead atoms. The Hall–Kier alpha value is -4.06. The molecule has 4 aromatic rings. The van der Waals surface area contributed by atoms with Crippen molar-refractivity contribution in [1.82, 2.24) is 0 Å². The molecule has 0 radical (unpaired) electrons. The number of aromatic hydroxyl groups is 1. The Morgan fingerprint density at radius 2 is 1.75 bits per heavy atom. The Bertz CT molecular complexity index is 1450. The van der Waals surface area contributed by atoms with Gasteiger partial charge < -0.3 is 14.3 Å². The first-order chi connectivity index (χ1) is 15.4. The summed E-state index contributed by atoms with van der Waals surface area (Å²) in [6.45, 7) is 3.97. The van der Waals surface area contributed by atoms with Gasteiger partial charge in [-0.3, -0.25) is 14.5 Å². The van der Waals surface area contributed by atoms with Crippen LogP contribution in [0.15, 0.2) is 69.9 Å². The number of benzene rings is 3. The summed E-state index contributed by atoms with van der Waals surface area (Å²) in [5.74, 6) is -0.121. The third-order valence-corrected chi connectivity index (χ3v) is 6.07. The molecule has 6 heteroatoms. The summed E-state index contributed by atoms with van der Waals surface area (Å²) in [5.41, 5.74) is 3.81. The number of hydrogen-bond acceptors (Lipinski definition) is 5. The fraction of sp³-hybridized carbons (Fsp3) is 0.154. The fourth-order valence-corrected chi connectivity index (χ4v) is 4.24. The van der Waals surface area contributed by atoms with E-state index in [9.17, 15) is 14.7 Å². The fourth-order valence-electron chi connectivity index (χ4n) is 4.24. The number of anilines is 1. The van der Waals surface area contributed by atoms with Crippen molar-refractivity contribution in [3.63, 3.8) is 0 Å². The van der Waals surface area contributed by atoms with Crippen LogP contribution in [-0.4, -0.2) is 18.1 Å². The Balaban J connectivity index is 1.82. The van der Waals surface area contributed by atoms with E-state index in [1.165, 1.54) is 13.2 Å². The van der Waals surface area contributed by atoms with Crippen molar-refractivity contribution in [2.75, 3.05) is 12.0 Å². The molecule has 0 saturated carbocycles. The predicted octanol–water partition coefficient (Wildman–Crippen LogP) is 4.87. The minimum absolute atomic E-state index is 0.0240. The first-order valence-corrected chi connectivity index (χ1v) is 10.2. The maximum atomic E-state index is 13.6. The highest BCUT2D eigenvalue weighted by atomic mass is 16.5.